The number of rotatable bonds is 11. The normalized spacial score (nSPS) is 12.1. The van der Waals surface area contributed by atoms with E-state index >= 15 is 0 Å². The number of Topliss-reactive ketones (excluding diaryl/α,β-unsaturated/α-hetero) is 1. The van der Waals surface area contributed by atoms with Crippen LogP contribution >= 0.6 is 11.6 Å². The molecule has 0 amide bonds. The largest absolute Gasteiger partial charge is 0.493 e. The Kier molecular flexibility index (Phi) is 8.77. The van der Waals surface area contributed by atoms with Crippen LogP contribution in [0.2, 0.25) is 5.02 Å². The van der Waals surface area contributed by atoms with Crippen LogP contribution in [0.3, 0.4) is 0 Å². The highest BCUT2D eigenvalue weighted by atomic mass is 35.5. The fourth-order valence-corrected chi connectivity index (χ4v) is 3.54. The predicted octanol–water partition coefficient (Wildman–Crippen LogP) is 4.21. The highest BCUT2D eigenvalue weighted by Gasteiger charge is 2.20. The van der Waals surface area contributed by atoms with E-state index in [-0.39, 0.29) is 18.4 Å². The van der Waals surface area contributed by atoms with Crippen LogP contribution in [0.25, 0.3) is 0 Å². The molecule has 0 aliphatic carbocycles. The molecule has 0 aliphatic rings. The Morgan fingerprint density at radius 2 is 1.75 bits per heavy atom. The number of carbonyl (C=O) groups is 1. The number of nitrogens with one attached hydrogen (secondary N) is 1. The third kappa shape index (κ3) is 5.47. The van der Waals surface area contributed by atoms with Crippen molar-refractivity contribution < 1.29 is 14.3 Å². The van der Waals surface area contributed by atoms with Gasteiger partial charge in [0.2, 0.25) is 0 Å². The number of benzene rings is 2. The van der Waals surface area contributed by atoms with Crippen molar-refractivity contribution in [1.82, 2.24) is 10.2 Å². The van der Waals surface area contributed by atoms with E-state index in [0.717, 1.165) is 23.7 Å². The lowest BCUT2D eigenvalue weighted by Gasteiger charge is -2.31. The Labute approximate surface area is 172 Å². The zero-order valence-electron chi connectivity index (χ0n) is 17.0. The molecule has 0 bridgehead atoms. The summed E-state index contributed by atoms with van der Waals surface area (Å²) >= 11 is 6.43. The first-order valence-corrected chi connectivity index (χ1v) is 9.87. The van der Waals surface area contributed by atoms with Gasteiger partial charge in [-0.05, 0) is 42.9 Å². The summed E-state index contributed by atoms with van der Waals surface area (Å²) in [6.45, 7) is 6.92. The molecule has 0 saturated heterocycles. The molecule has 28 heavy (non-hydrogen) atoms. The second-order valence-corrected chi connectivity index (χ2v) is 6.79. The van der Waals surface area contributed by atoms with Gasteiger partial charge in [0, 0.05) is 23.2 Å². The molecule has 152 valence electrons. The second-order valence-electron chi connectivity index (χ2n) is 6.38. The van der Waals surface area contributed by atoms with E-state index in [1.165, 1.54) is 0 Å². The first kappa shape index (κ1) is 22.2. The molecule has 5 nitrogen and oxygen atoms in total. The van der Waals surface area contributed by atoms with Crippen molar-refractivity contribution in [1.29, 1.82) is 0 Å². The van der Waals surface area contributed by atoms with E-state index in [0.29, 0.717) is 23.6 Å². The SMILES string of the molecule is CCN(CC)C(CNCC(=O)c1ccc(OC)c(OC)c1)c1ccccc1Cl. The van der Waals surface area contributed by atoms with Crippen molar-refractivity contribution in [2.24, 2.45) is 0 Å². The van der Waals surface area contributed by atoms with Gasteiger partial charge < -0.3 is 14.8 Å². The van der Waals surface area contributed by atoms with Crippen LogP contribution in [-0.4, -0.2) is 51.1 Å². The molecule has 0 radical (unpaired) electrons. The quantitative estimate of drug-likeness (QED) is 0.568. The molecule has 6 heteroatoms. The van der Waals surface area contributed by atoms with Crippen LogP contribution in [0.5, 0.6) is 11.5 Å². The van der Waals surface area contributed by atoms with Gasteiger partial charge in [-0.2, -0.15) is 0 Å². The average Bonchev–Trinajstić information content (AvgIpc) is 2.73. The van der Waals surface area contributed by atoms with E-state index in [2.05, 4.69) is 24.1 Å². The smallest absolute Gasteiger partial charge is 0.176 e. The lowest BCUT2D eigenvalue weighted by atomic mass is 10.0. The number of halogens is 1. The third-order valence-electron chi connectivity index (χ3n) is 4.85. The van der Waals surface area contributed by atoms with Crippen molar-refractivity contribution in [2.45, 2.75) is 19.9 Å². The van der Waals surface area contributed by atoms with Gasteiger partial charge in [-0.1, -0.05) is 43.6 Å². The summed E-state index contributed by atoms with van der Waals surface area (Å²) in [7, 11) is 3.13. The molecule has 2 aromatic carbocycles. The summed E-state index contributed by atoms with van der Waals surface area (Å²) in [5.74, 6) is 1.15. The van der Waals surface area contributed by atoms with Crippen molar-refractivity contribution in [3.63, 3.8) is 0 Å². The molecule has 0 spiro atoms. The van der Waals surface area contributed by atoms with Crippen LogP contribution in [0.4, 0.5) is 0 Å². The minimum Gasteiger partial charge on any atom is -0.493 e. The number of hydrogen-bond acceptors (Lipinski definition) is 5. The number of hydrogen-bond donors (Lipinski definition) is 1. The van der Waals surface area contributed by atoms with Crippen LogP contribution in [0.1, 0.15) is 35.8 Å². The van der Waals surface area contributed by atoms with E-state index in [4.69, 9.17) is 21.1 Å². The summed E-state index contributed by atoms with van der Waals surface area (Å²) in [6.07, 6.45) is 0. The number of likely N-dealkylation sites (N-methyl/N-ethyl adjacent to an activating group) is 1. The van der Waals surface area contributed by atoms with Crippen molar-refractivity contribution in [2.75, 3.05) is 40.4 Å². The average molecular weight is 405 g/mol. The fraction of sp³-hybridized carbons (Fsp3) is 0.409. The van der Waals surface area contributed by atoms with Crippen LogP contribution in [-0.2, 0) is 0 Å². The van der Waals surface area contributed by atoms with E-state index in [1.807, 2.05) is 24.3 Å². The van der Waals surface area contributed by atoms with E-state index in [1.54, 1.807) is 32.4 Å². The minimum absolute atomic E-state index is 0.00147. The Morgan fingerprint density at radius 3 is 2.36 bits per heavy atom. The highest BCUT2D eigenvalue weighted by molar-refractivity contribution is 6.31. The minimum atomic E-state index is -0.00147. The molecule has 0 aliphatic heterocycles. The Morgan fingerprint density at radius 1 is 1.07 bits per heavy atom. The van der Waals surface area contributed by atoms with Gasteiger partial charge in [0.25, 0.3) is 0 Å². The first-order chi connectivity index (χ1) is 13.5. The van der Waals surface area contributed by atoms with Gasteiger partial charge in [-0.15, -0.1) is 0 Å². The van der Waals surface area contributed by atoms with Gasteiger partial charge in [0.05, 0.1) is 20.8 Å². The Hall–Kier alpha value is -2.08. The fourth-order valence-electron chi connectivity index (χ4n) is 3.28. The monoisotopic (exact) mass is 404 g/mol. The summed E-state index contributed by atoms with van der Waals surface area (Å²) in [4.78, 5) is 14.9. The zero-order chi connectivity index (χ0) is 20.5. The number of carbonyl (C=O) groups excluding carboxylic acids is 1. The van der Waals surface area contributed by atoms with Crippen LogP contribution in [0, 0.1) is 0 Å². The van der Waals surface area contributed by atoms with Gasteiger partial charge in [-0.3, -0.25) is 9.69 Å². The molecule has 2 aromatic rings. The Bertz CT molecular complexity index is 778. The maximum absolute atomic E-state index is 12.6. The Balaban J connectivity index is 2.07. The molecule has 0 saturated carbocycles. The third-order valence-corrected chi connectivity index (χ3v) is 5.19. The first-order valence-electron chi connectivity index (χ1n) is 9.50. The van der Waals surface area contributed by atoms with Gasteiger partial charge in [-0.25, -0.2) is 0 Å². The predicted molar refractivity (Wildman–Crippen MR) is 114 cm³/mol. The molecule has 1 unspecified atom stereocenters. The summed E-state index contributed by atoms with van der Waals surface area (Å²) < 4.78 is 10.5. The molecule has 0 heterocycles. The second kappa shape index (κ2) is 11.1. The number of ether oxygens (including phenoxy) is 2. The van der Waals surface area contributed by atoms with E-state index < -0.39 is 0 Å². The molecule has 1 atom stereocenters. The lowest BCUT2D eigenvalue weighted by Crippen LogP contribution is -2.37. The van der Waals surface area contributed by atoms with Gasteiger partial charge >= 0.3 is 0 Å². The molecular weight excluding hydrogens is 376 g/mol. The van der Waals surface area contributed by atoms with Gasteiger partial charge in [0.15, 0.2) is 17.3 Å². The molecule has 2 rings (SSSR count). The summed E-state index contributed by atoms with van der Waals surface area (Å²) in [5.41, 5.74) is 1.65. The number of methoxy groups -OCH3 is 2. The van der Waals surface area contributed by atoms with E-state index in [9.17, 15) is 4.79 Å². The maximum Gasteiger partial charge on any atom is 0.176 e. The summed E-state index contributed by atoms with van der Waals surface area (Å²) in [6, 6.07) is 13.2. The van der Waals surface area contributed by atoms with Crippen LogP contribution in [0.15, 0.2) is 42.5 Å². The molecule has 1 N–H and O–H groups in total. The van der Waals surface area contributed by atoms with Crippen molar-refractivity contribution >= 4 is 17.4 Å². The molecular formula is C22H29ClN2O3. The van der Waals surface area contributed by atoms with Crippen molar-refractivity contribution in [3.8, 4) is 11.5 Å². The number of ketones is 1. The zero-order valence-corrected chi connectivity index (χ0v) is 17.8. The topological polar surface area (TPSA) is 50.8 Å². The maximum atomic E-state index is 12.6. The molecule has 0 fully saturated rings. The number of nitrogens with zero attached hydrogens (tertiary/aromatic N) is 1. The standard InChI is InChI=1S/C22H29ClN2O3/c1-5-25(6-2)19(17-9-7-8-10-18(17)23)14-24-15-20(26)16-11-12-21(27-3)22(13-16)28-4/h7-13,19,24H,5-6,14-15H2,1-4H3. The molecule has 0 aromatic heterocycles. The lowest BCUT2D eigenvalue weighted by molar-refractivity contribution is 0.0986. The summed E-state index contributed by atoms with van der Waals surface area (Å²) in [5, 5.41) is 4.05. The highest BCUT2D eigenvalue weighted by Crippen LogP contribution is 2.28. The van der Waals surface area contributed by atoms with Crippen molar-refractivity contribution in [3.05, 3.63) is 58.6 Å². The van der Waals surface area contributed by atoms with Gasteiger partial charge in [0.1, 0.15) is 0 Å². The van der Waals surface area contributed by atoms with Crippen LogP contribution < -0.4 is 14.8 Å².